The van der Waals surface area contributed by atoms with Crippen molar-refractivity contribution in [2.24, 2.45) is 5.92 Å². The van der Waals surface area contributed by atoms with Crippen LogP contribution in [0.3, 0.4) is 0 Å². The number of hydrogen-bond acceptors (Lipinski definition) is 4. The molecule has 1 aliphatic heterocycles. The van der Waals surface area contributed by atoms with E-state index in [0.29, 0.717) is 12.2 Å². The lowest BCUT2D eigenvalue weighted by atomic mass is 9.87. The van der Waals surface area contributed by atoms with Gasteiger partial charge in [0.05, 0.1) is 13.2 Å². The summed E-state index contributed by atoms with van der Waals surface area (Å²) in [7, 11) is 1.58. The molecule has 0 radical (unpaired) electrons. The predicted octanol–water partition coefficient (Wildman–Crippen LogP) is 4.17. The highest BCUT2D eigenvalue weighted by Crippen LogP contribution is 2.39. The molecule has 1 fully saturated rings. The standard InChI is InChI=1S/C27H25NO4/c1-32-22-15-13-21(14-16-22)25-24(23(29)17-12-19-8-4-2-5-9-19)26(30)27(31)28(25)18-20-10-6-3-7-11-20/h2-11,13-16,24-25H,12,17-18H2,1H3. The summed E-state index contributed by atoms with van der Waals surface area (Å²) in [4.78, 5) is 40.8. The Bertz CT molecular complexity index is 1090. The van der Waals surface area contributed by atoms with Crippen molar-refractivity contribution in [3.8, 4) is 5.75 Å². The van der Waals surface area contributed by atoms with Gasteiger partial charge in [-0.15, -0.1) is 0 Å². The molecule has 0 saturated carbocycles. The van der Waals surface area contributed by atoms with E-state index in [-0.39, 0.29) is 18.7 Å². The minimum atomic E-state index is -1.01. The third-order valence-corrected chi connectivity index (χ3v) is 5.91. The van der Waals surface area contributed by atoms with Crippen molar-refractivity contribution in [2.75, 3.05) is 7.11 Å². The van der Waals surface area contributed by atoms with Crippen molar-refractivity contribution in [2.45, 2.75) is 25.4 Å². The number of methoxy groups -OCH3 is 1. The van der Waals surface area contributed by atoms with Crippen LogP contribution in [0.25, 0.3) is 0 Å². The monoisotopic (exact) mass is 427 g/mol. The number of carbonyl (C=O) groups is 3. The lowest BCUT2D eigenvalue weighted by molar-refractivity contribution is -0.142. The molecule has 0 aliphatic carbocycles. The van der Waals surface area contributed by atoms with E-state index >= 15 is 0 Å². The van der Waals surface area contributed by atoms with E-state index in [1.54, 1.807) is 19.2 Å². The summed E-state index contributed by atoms with van der Waals surface area (Å²) in [5.74, 6) is -1.77. The summed E-state index contributed by atoms with van der Waals surface area (Å²) in [6.45, 7) is 0.268. The molecule has 0 N–H and O–H groups in total. The molecular weight excluding hydrogens is 402 g/mol. The van der Waals surface area contributed by atoms with Crippen LogP contribution in [0, 0.1) is 5.92 Å². The summed E-state index contributed by atoms with van der Waals surface area (Å²) in [5.41, 5.74) is 2.68. The number of benzene rings is 3. The maximum absolute atomic E-state index is 13.3. The maximum Gasteiger partial charge on any atom is 0.291 e. The second-order valence-electron chi connectivity index (χ2n) is 7.93. The van der Waals surface area contributed by atoms with Gasteiger partial charge in [-0.05, 0) is 35.2 Å². The average molecular weight is 428 g/mol. The number of rotatable bonds is 8. The number of Topliss-reactive ketones (excluding diaryl/α,β-unsaturated/α-hetero) is 2. The van der Waals surface area contributed by atoms with Crippen LogP contribution in [0.15, 0.2) is 84.9 Å². The Morgan fingerprint density at radius 3 is 2.03 bits per heavy atom. The number of nitrogens with zero attached hydrogens (tertiary/aromatic N) is 1. The molecule has 1 heterocycles. The van der Waals surface area contributed by atoms with Crippen molar-refractivity contribution in [1.29, 1.82) is 0 Å². The van der Waals surface area contributed by atoms with Crippen LogP contribution in [0.2, 0.25) is 0 Å². The van der Waals surface area contributed by atoms with E-state index in [2.05, 4.69) is 0 Å². The van der Waals surface area contributed by atoms with E-state index in [1.165, 1.54) is 4.90 Å². The molecule has 1 aliphatic rings. The number of amides is 1. The topological polar surface area (TPSA) is 63.7 Å². The highest BCUT2D eigenvalue weighted by atomic mass is 16.5. The SMILES string of the molecule is COc1ccc(C2C(C(=O)CCc3ccccc3)C(=O)C(=O)N2Cc2ccccc2)cc1. The Kier molecular flexibility index (Phi) is 6.45. The first kappa shape index (κ1) is 21.5. The van der Waals surface area contributed by atoms with Gasteiger partial charge in [-0.1, -0.05) is 72.8 Å². The molecule has 32 heavy (non-hydrogen) atoms. The minimum absolute atomic E-state index is 0.205. The fourth-order valence-corrected chi connectivity index (χ4v) is 4.24. The molecule has 4 rings (SSSR count). The third kappa shape index (κ3) is 4.47. The van der Waals surface area contributed by atoms with Crippen LogP contribution in [-0.2, 0) is 27.3 Å². The summed E-state index contributed by atoms with van der Waals surface area (Å²) < 4.78 is 5.24. The lowest BCUT2D eigenvalue weighted by Crippen LogP contribution is -2.30. The Morgan fingerprint density at radius 2 is 1.44 bits per heavy atom. The van der Waals surface area contributed by atoms with Crippen LogP contribution >= 0.6 is 0 Å². The number of hydrogen-bond donors (Lipinski definition) is 0. The van der Waals surface area contributed by atoms with Crippen LogP contribution in [0.1, 0.15) is 29.2 Å². The van der Waals surface area contributed by atoms with E-state index in [0.717, 1.165) is 16.7 Å². The van der Waals surface area contributed by atoms with Crippen molar-refractivity contribution < 1.29 is 19.1 Å². The normalized spacial score (nSPS) is 18.1. The fraction of sp³-hybridized carbons (Fsp3) is 0.222. The van der Waals surface area contributed by atoms with Gasteiger partial charge in [-0.2, -0.15) is 0 Å². The zero-order valence-corrected chi connectivity index (χ0v) is 17.9. The zero-order chi connectivity index (χ0) is 22.5. The van der Waals surface area contributed by atoms with Crippen LogP contribution in [-0.4, -0.2) is 29.5 Å². The first-order valence-electron chi connectivity index (χ1n) is 10.7. The quantitative estimate of drug-likeness (QED) is 0.400. The molecular formula is C27H25NO4. The molecule has 1 saturated heterocycles. The molecule has 0 aromatic heterocycles. The highest BCUT2D eigenvalue weighted by molar-refractivity contribution is 6.43. The van der Waals surface area contributed by atoms with E-state index in [1.807, 2.05) is 72.8 Å². The fourth-order valence-electron chi connectivity index (χ4n) is 4.24. The summed E-state index contributed by atoms with van der Waals surface area (Å²) >= 11 is 0. The van der Waals surface area contributed by atoms with Gasteiger partial charge in [0.25, 0.3) is 5.91 Å². The van der Waals surface area contributed by atoms with Crippen LogP contribution in [0.4, 0.5) is 0 Å². The summed E-state index contributed by atoms with van der Waals surface area (Å²) in [5, 5.41) is 0. The van der Waals surface area contributed by atoms with Gasteiger partial charge in [0.2, 0.25) is 5.78 Å². The Balaban J connectivity index is 1.64. The molecule has 2 unspecified atom stereocenters. The third-order valence-electron chi connectivity index (χ3n) is 5.91. The van der Waals surface area contributed by atoms with E-state index in [9.17, 15) is 14.4 Å². The summed E-state index contributed by atoms with van der Waals surface area (Å²) in [6.07, 6.45) is 0.741. The number of aryl methyl sites for hydroxylation is 1. The van der Waals surface area contributed by atoms with E-state index in [4.69, 9.17) is 4.74 Å². The average Bonchev–Trinajstić information content (AvgIpc) is 3.09. The highest BCUT2D eigenvalue weighted by Gasteiger charge is 2.50. The van der Waals surface area contributed by atoms with Gasteiger partial charge in [0, 0.05) is 13.0 Å². The van der Waals surface area contributed by atoms with Gasteiger partial charge in [0.1, 0.15) is 17.5 Å². The first-order valence-corrected chi connectivity index (χ1v) is 10.7. The van der Waals surface area contributed by atoms with Crippen molar-refractivity contribution in [1.82, 2.24) is 4.90 Å². The molecule has 5 nitrogen and oxygen atoms in total. The van der Waals surface area contributed by atoms with Crippen molar-refractivity contribution in [3.63, 3.8) is 0 Å². The number of carbonyl (C=O) groups excluding carboxylic acids is 3. The zero-order valence-electron chi connectivity index (χ0n) is 17.9. The van der Waals surface area contributed by atoms with Gasteiger partial charge in [-0.3, -0.25) is 14.4 Å². The Hall–Kier alpha value is -3.73. The summed E-state index contributed by atoms with van der Waals surface area (Å²) in [6, 6.07) is 25.8. The molecule has 0 bridgehead atoms. The molecule has 5 heteroatoms. The molecule has 2 atom stereocenters. The predicted molar refractivity (Wildman–Crippen MR) is 121 cm³/mol. The number of ketones is 2. The molecule has 0 spiro atoms. The van der Waals surface area contributed by atoms with Crippen molar-refractivity contribution >= 4 is 17.5 Å². The molecule has 3 aromatic rings. The van der Waals surface area contributed by atoms with Gasteiger partial charge >= 0.3 is 0 Å². The first-order chi connectivity index (χ1) is 15.6. The maximum atomic E-state index is 13.3. The minimum Gasteiger partial charge on any atom is -0.497 e. The second kappa shape index (κ2) is 9.60. The largest absolute Gasteiger partial charge is 0.497 e. The van der Waals surface area contributed by atoms with Gasteiger partial charge < -0.3 is 9.64 Å². The Labute approximate surface area is 187 Å². The second-order valence-corrected chi connectivity index (χ2v) is 7.93. The van der Waals surface area contributed by atoms with Gasteiger partial charge in [0.15, 0.2) is 0 Å². The number of ether oxygens (including phenoxy) is 1. The molecule has 162 valence electrons. The molecule has 3 aromatic carbocycles. The lowest BCUT2D eigenvalue weighted by Gasteiger charge is -2.27. The van der Waals surface area contributed by atoms with Crippen LogP contribution in [0.5, 0.6) is 5.75 Å². The van der Waals surface area contributed by atoms with Crippen LogP contribution < -0.4 is 4.74 Å². The van der Waals surface area contributed by atoms with E-state index < -0.39 is 23.7 Å². The van der Waals surface area contributed by atoms with Crippen molar-refractivity contribution in [3.05, 3.63) is 102 Å². The molecule has 1 amide bonds. The Morgan fingerprint density at radius 1 is 0.844 bits per heavy atom. The van der Waals surface area contributed by atoms with Gasteiger partial charge in [-0.25, -0.2) is 0 Å². The number of likely N-dealkylation sites (tertiary alicyclic amines) is 1. The smallest absolute Gasteiger partial charge is 0.291 e.